The summed E-state index contributed by atoms with van der Waals surface area (Å²) in [5.74, 6) is 0.903. The van der Waals surface area contributed by atoms with Crippen LogP contribution in [0.25, 0.3) is 10.9 Å². The van der Waals surface area contributed by atoms with Crippen molar-refractivity contribution in [3.8, 4) is 0 Å². The molecule has 0 aliphatic heterocycles. The molecule has 4 N–H and O–H groups in total. The van der Waals surface area contributed by atoms with E-state index in [0.717, 1.165) is 22.3 Å². The van der Waals surface area contributed by atoms with Gasteiger partial charge in [-0.05, 0) is 55.5 Å². The first-order valence-electron chi connectivity index (χ1n) is 8.91. The van der Waals surface area contributed by atoms with Gasteiger partial charge in [0.05, 0.1) is 11.9 Å². The number of aromatic amines is 1. The fourth-order valence-corrected chi connectivity index (χ4v) is 3.26. The molecule has 2 aromatic heterocycles. The molecule has 0 spiro atoms. The minimum Gasteiger partial charge on any atom is -0.359 e. The van der Waals surface area contributed by atoms with Gasteiger partial charge in [-0.3, -0.25) is 0 Å². The van der Waals surface area contributed by atoms with E-state index in [0.29, 0.717) is 23.1 Å². The van der Waals surface area contributed by atoms with Gasteiger partial charge in [-0.15, -0.1) is 0 Å². The molecule has 0 saturated heterocycles. The molecule has 4 aromatic rings. The van der Waals surface area contributed by atoms with Gasteiger partial charge in [-0.1, -0.05) is 6.07 Å². The van der Waals surface area contributed by atoms with Crippen LogP contribution in [0.2, 0.25) is 0 Å². The number of aryl methyl sites for hydroxylation is 1. The summed E-state index contributed by atoms with van der Waals surface area (Å²) in [5.41, 5.74) is -0.479. The number of benzene rings is 2. The van der Waals surface area contributed by atoms with Gasteiger partial charge < -0.3 is 20.3 Å². The first-order chi connectivity index (χ1) is 14.3. The Hall–Kier alpha value is -3.40. The van der Waals surface area contributed by atoms with Crippen LogP contribution in [0.4, 0.5) is 42.0 Å². The van der Waals surface area contributed by atoms with Crippen molar-refractivity contribution >= 4 is 51.7 Å². The monoisotopic (exact) mass is 430 g/mol. The summed E-state index contributed by atoms with van der Waals surface area (Å²) in [4.78, 5) is 11.9. The molecule has 0 fully saturated rings. The first-order valence-corrected chi connectivity index (χ1v) is 9.73. The molecule has 0 aliphatic carbocycles. The minimum absolute atomic E-state index is 0.312. The van der Waals surface area contributed by atoms with Crippen LogP contribution in [0.3, 0.4) is 0 Å². The van der Waals surface area contributed by atoms with Crippen LogP contribution in [0.15, 0.2) is 60.8 Å². The van der Waals surface area contributed by atoms with Crippen molar-refractivity contribution in [3.63, 3.8) is 0 Å². The number of H-pyrrole nitrogens is 1. The quantitative estimate of drug-likeness (QED) is 0.268. The van der Waals surface area contributed by atoms with E-state index in [1.807, 2.05) is 25.1 Å². The smallest absolute Gasteiger partial charge is 0.359 e. The van der Waals surface area contributed by atoms with E-state index >= 15 is 0 Å². The minimum atomic E-state index is -4.37. The predicted molar refractivity (Wildman–Crippen MR) is 115 cm³/mol. The number of anilines is 5. The fourth-order valence-electron chi connectivity index (χ4n) is 2.90. The Labute approximate surface area is 174 Å². The van der Waals surface area contributed by atoms with Crippen LogP contribution >= 0.6 is 11.9 Å². The maximum absolute atomic E-state index is 12.4. The molecule has 2 heterocycles. The van der Waals surface area contributed by atoms with E-state index in [9.17, 15) is 13.2 Å². The molecule has 154 valence electrons. The lowest BCUT2D eigenvalue weighted by Gasteiger charge is -2.11. The molecule has 0 bridgehead atoms. The van der Waals surface area contributed by atoms with Crippen LogP contribution in [0.5, 0.6) is 0 Å². The number of nitrogens with one attached hydrogen (secondary N) is 4. The average Bonchev–Trinajstić information content (AvgIpc) is 3.06. The number of hydrogen-bond donors (Lipinski definition) is 4. The standard InChI is InChI=1S/C20H17F3N6S/c1-12-9-13-10-15(5-6-17(13)25-12)26-18-7-8-24-19(28-18)27-14-3-2-4-16(11-14)29-30-20(21,22)23/h2-11,25,29H,1H3,(H2,24,26,27,28). The second-order valence-corrected chi connectivity index (χ2v) is 7.37. The van der Waals surface area contributed by atoms with Crippen LogP contribution in [0.1, 0.15) is 5.69 Å². The third-order valence-electron chi connectivity index (χ3n) is 4.09. The number of hydrogen-bond acceptors (Lipinski definition) is 6. The molecule has 10 heteroatoms. The fraction of sp³-hybridized carbons (Fsp3) is 0.100. The first kappa shape index (κ1) is 19.9. The molecule has 6 nitrogen and oxygen atoms in total. The second kappa shape index (κ2) is 8.15. The lowest BCUT2D eigenvalue weighted by Crippen LogP contribution is -2.05. The van der Waals surface area contributed by atoms with Crippen LogP contribution in [-0.4, -0.2) is 20.5 Å². The van der Waals surface area contributed by atoms with Crippen molar-refractivity contribution in [3.05, 3.63) is 66.5 Å². The van der Waals surface area contributed by atoms with E-state index in [4.69, 9.17) is 0 Å². The van der Waals surface area contributed by atoms with Crippen molar-refractivity contribution in [2.45, 2.75) is 12.4 Å². The predicted octanol–water partition coefficient (Wildman–Crippen LogP) is 6.33. The van der Waals surface area contributed by atoms with E-state index in [1.54, 1.807) is 36.5 Å². The molecule has 0 amide bonds. The number of halogens is 3. The Morgan fingerprint density at radius 2 is 1.73 bits per heavy atom. The zero-order chi connectivity index (χ0) is 21.1. The molecular weight excluding hydrogens is 413 g/mol. The van der Waals surface area contributed by atoms with Gasteiger partial charge in [0.1, 0.15) is 5.82 Å². The van der Waals surface area contributed by atoms with E-state index in [2.05, 4.69) is 36.4 Å². The number of alkyl halides is 3. The Morgan fingerprint density at radius 3 is 2.57 bits per heavy atom. The molecule has 0 unspecified atom stereocenters. The van der Waals surface area contributed by atoms with Gasteiger partial charge in [0.25, 0.3) is 0 Å². The summed E-state index contributed by atoms with van der Waals surface area (Å²) in [7, 11) is 0. The maximum Gasteiger partial charge on any atom is 0.461 e. The van der Waals surface area contributed by atoms with Gasteiger partial charge in [0.15, 0.2) is 0 Å². The van der Waals surface area contributed by atoms with Crippen molar-refractivity contribution in [1.82, 2.24) is 15.0 Å². The molecule has 4 rings (SSSR count). The van der Waals surface area contributed by atoms with Crippen LogP contribution < -0.4 is 15.4 Å². The summed E-state index contributed by atoms with van der Waals surface area (Å²) in [6, 6.07) is 16.2. The molecule has 0 atom stereocenters. The molecule has 0 saturated carbocycles. The van der Waals surface area contributed by atoms with E-state index in [1.165, 1.54) is 0 Å². The average molecular weight is 430 g/mol. The summed E-state index contributed by atoms with van der Waals surface area (Å²) < 4.78 is 39.3. The lowest BCUT2D eigenvalue weighted by atomic mass is 10.2. The number of nitrogens with zero attached hydrogens (tertiary/aromatic N) is 2. The topological polar surface area (TPSA) is 77.7 Å². The Kier molecular flexibility index (Phi) is 5.40. The highest BCUT2D eigenvalue weighted by Crippen LogP contribution is 2.32. The third-order valence-corrected chi connectivity index (χ3v) is 4.66. The molecule has 30 heavy (non-hydrogen) atoms. The zero-order valence-electron chi connectivity index (χ0n) is 15.7. The summed E-state index contributed by atoms with van der Waals surface area (Å²) in [6.07, 6.45) is 1.60. The summed E-state index contributed by atoms with van der Waals surface area (Å²) in [5, 5.41) is 7.33. The van der Waals surface area contributed by atoms with Gasteiger partial charge in [0.2, 0.25) is 5.95 Å². The van der Waals surface area contributed by atoms with Crippen molar-refractivity contribution in [2.24, 2.45) is 0 Å². The molecule has 0 aliphatic rings. The Morgan fingerprint density at radius 1 is 0.933 bits per heavy atom. The van der Waals surface area contributed by atoms with Crippen molar-refractivity contribution < 1.29 is 13.2 Å². The van der Waals surface area contributed by atoms with E-state index in [-0.39, 0.29) is 11.9 Å². The number of fused-ring (bicyclic) bond motifs is 1. The second-order valence-electron chi connectivity index (χ2n) is 6.50. The van der Waals surface area contributed by atoms with Gasteiger partial charge in [-0.2, -0.15) is 18.2 Å². The van der Waals surface area contributed by atoms with Crippen LogP contribution in [-0.2, 0) is 0 Å². The van der Waals surface area contributed by atoms with Gasteiger partial charge in [-0.25, -0.2) is 4.98 Å². The Bertz CT molecular complexity index is 1170. The van der Waals surface area contributed by atoms with Crippen molar-refractivity contribution in [1.29, 1.82) is 0 Å². The SMILES string of the molecule is Cc1cc2cc(Nc3ccnc(Nc4cccc(NSC(F)(F)F)c4)n3)ccc2[nH]1. The number of aromatic nitrogens is 3. The normalized spacial score (nSPS) is 11.5. The number of rotatable bonds is 6. The summed E-state index contributed by atoms with van der Waals surface area (Å²) in [6.45, 7) is 2.00. The highest BCUT2D eigenvalue weighted by Gasteiger charge is 2.28. The Balaban J connectivity index is 1.46. The zero-order valence-corrected chi connectivity index (χ0v) is 16.5. The largest absolute Gasteiger partial charge is 0.461 e. The third kappa shape index (κ3) is 5.15. The van der Waals surface area contributed by atoms with Gasteiger partial charge >= 0.3 is 5.51 Å². The summed E-state index contributed by atoms with van der Waals surface area (Å²) >= 11 is -0.314. The highest BCUT2D eigenvalue weighted by molar-refractivity contribution is 8.01. The lowest BCUT2D eigenvalue weighted by molar-refractivity contribution is -0.0323. The molecule has 2 aromatic carbocycles. The van der Waals surface area contributed by atoms with E-state index < -0.39 is 5.51 Å². The molecular formula is C20H17F3N6S. The highest BCUT2D eigenvalue weighted by atomic mass is 32.2. The maximum atomic E-state index is 12.4. The molecule has 0 radical (unpaired) electrons. The van der Waals surface area contributed by atoms with Gasteiger partial charge in [0, 0.05) is 39.9 Å². The van der Waals surface area contributed by atoms with Crippen LogP contribution in [0, 0.1) is 6.92 Å². The van der Waals surface area contributed by atoms with Crippen molar-refractivity contribution in [2.75, 3.05) is 15.4 Å².